The summed E-state index contributed by atoms with van der Waals surface area (Å²) in [6, 6.07) is 4.51. The predicted octanol–water partition coefficient (Wildman–Crippen LogP) is 2.41. The topological polar surface area (TPSA) is 81.5 Å². The highest BCUT2D eigenvalue weighted by Gasteiger charge is 2.28. The number of benzene rings is 1. The molecular weight excluding hydrogens is 248 g/mol. The van der Waals surface area contributed by atoms with Crippen LogP contribution in [0.5, 0.6) is 0 Å². The fourth-order valence-corrected chi connectivity index (χ4v) is 2.16. The Morgan fingerprint density at radius 1 is 1.47 bits per heavy atom. The number of anilines is 1. The molecule has 6 heteroatoms. The van der Waals surface area contributed by atoms with Crippen LogP contribution in [0.25, 0.3) is 0 Å². The molecule has 0 aliphatic carbocycles. The Hall–Kier alpha value is -1.95. The number of amides is 1. The Morgan fingerprint density at radius 2 is 2.21 bits per heavy atom. The third kappa shape index (κ3) is 3.08. The van der Waals surface area contributed by atoms with Crippen molar-refractivity contribution in [2.45, 2.75) is 38.9 Å². The number of aryl methyl sites for hydroxylation is 1. The number of nitro benzene ring substituents is 1. The summed E-state index contributed by atoms with van der Waals surface area (Å²) >= 11 is 0. The van der Waals surface area contributed by atoms with Gasteiger partial charge in [0.2, 0.25) is 0 Å². The number of carbonyl (C=O) groups is 1. The second-order valence-corrected chi connectivity index (χ2v) is 4.76. The van der Waals surface area contributed by atoms with E-state index in [0.717, 1.165) is 6.42 Å². The Morgan fingerprint density at radius 3 is 2.74 bits per heavy atom. The molecule has 0 aromatic heterocycles. The summed E-state index contributed by atoms with van der Waals surface area (Å²) in [4.78, 5) is 22.2. The molecule has 2 atom stereocenters. The van der Waals surface area contributed by atoms with Crippen LogP contribution in [0.4, 0.5) is 11.4 Å². The summed E-state index contributed by atoms with van der Waals surface area (Å²) in [6.45, 7) is 3.57. The summed E-state index contributed by atoms with van der Waals surface area (Å²) in [5.74, 6) is -0.197. The van der Waals surface area contributed by atoms with Gasteiger partial charge < -0.3 is 10.1 Å². The summed E-state index contributed by atoms with van der Waals surface area (Å²) in [5.41, 5.74) is 1.11. The zero-order chi connectivity index (χ0) is 14.0. The first-order valence-electron chi connectivity index (χ1n) is 6.18. The smallest absolute Gasteiger partial charge is 0.272 e. The van der Waals surface area contributed by atoms with Crippen LogP contribution in [0, 0.1) is 17.0 Å². The number of carbonyl (C=O) groups excluding carboxylic acids is 1. The first-order valence-corrected chi connectivity index (χ1v) is 6.18. The standard InChI is InChI=1S/C13H16N2O4/c1-8-7-10(4-5-11(8)15(17)18)14-13(16)12-6-3-9(2)19-12/h4-5,7,9,12H,3,6H2,1-2H3,(H,14,16)/t9-,12-/m0/s1. The number of hydrogen-bond donors (Lipinski definition) is 1. The molecule has 102 valence electrons. The predicted molar refractivity (Wildman–Crippen MR) is 70.0 cm³/mol. The number of rotatable bonds is 3. The minimum atomic E-state index is -0.442. The van der Waals surface area contributed by atoms with E-state index < -0.39 is 11.0 Å². The van der Waals surface area contributed by atoms with E-state index in [1.807, 2.05) is 6.92 Å². The maximum atomic E-state index is 11.9. The van der Waals surface area contributed by atoms with E-state index >= 15 is 0 Å². The SMILES string of the molecule is Cc1cc(NC(=O)[C@@H]2CC[C@H](C)O2)ccc1[N+](=O)[O-]. The molecule has 1 saturated heterocycles. The largest absolute Gasteiger partial charge is 0.365 e. The average molecular weight is 264 g/mol. The molecule has 1 amide bonds. The van der Waals surface area contributed by atoms with Crippen LogP contribution in [0.3, 0.4) is 0 Å². The molecule has 6 nitrogen and oxygen atoms in total. The van der Waals surface area contributed by atoms with E-state index in [2.05, 4.69) is 5.32 Å². The van der Waals surface area contributed by atoms with E-state index in [0.29, 0.717) is 17.7 Å². The highest BCUT2D eigenvalue weighted by molar-refractivity contribution is 5.94. The molecule has 1 aromatic rings. The van der Waals surface area contributed by atoms with Crippen molar-refractivity contribution in [3.05, 3.63) is 33.9 Å². The van der Waals surface area contributed by atoms with Gasteiger partial charge in [-0.15, -0.1) is 0 Å². The minimum Gasteiger partial charge on any atom is -0.365 e. The van der Waals surface area contributed by atoms with Gasteiger partial charge in [-0.2, -0.15) is 0 Å². The second kappa shape index (κ2) is 5.36. The van der Waals surface area contributed by atoms with Gasteiger partial charge in [0.05, 0.1) is 11.0 Å². The van der Waals surface area contributed by atoms with E-state index in [4.69, 9.17) is 4.74 Å². The van der Waals surface area contributed by atoms with Crippen molar-refractivity contribution in [1.82, 2.24) is 0 Å². The number of nitrogens with zero attached hydrogens (tertiary/aromatic N) is 1. The lowest BCUT2D eigenvalue weighted by Gasteiger charge is -2.12. The third-order valence-electron chi connectivity index (χ3n) is 3.19. The quantitative estimate of drug-likeness (QED) is 0.671. The number of hydrogen-bond acceptors (Lipinski definition) is 4. The van der Waals surface area contributed by atoms with Crippen molar-refractivity contribution in [1.29, 1.82) is 0 Å². The van der Waals surface area contributed by atoms with Crippen molar-refractivity contribution < 1.29 is 14.5 Å². The highest BCUT2D eigenvalue weighted by Crippen LogP contribution is 2.24. The second-order valence-electron chi connectivity index (χ2n) is 4.76. The van der Waals surface area contributed by atoms with Gasteiger partial charge in [-0.05, 0) is 38.8 Å². The van der Waals surface area contributed by atoms with Gasteiger partial charge in [0.1, 0.15) is 6.10 Å². The van der Waals surface area contributed by atoms with Gasteiger partial charge in [-0.25, -0.2) is 0 Å². The van der Waals surface area contributed by atoms with Gasteiger partial charge in [0, 0.05) is 17.3 Å². The van der Waals surface area contributed by atoms with Crippen molar-refractivity contribution in [2.24, 2.45) is 0 Å². The van der Waals surface area contributed by atoms with E-state index in [9.17, 15) is 14.9 Å². The Labute approximate surface area is 110 Å². The maximum absolute atomic E-state index is 11.9. The van der Waals surface area contributed by atoms with Crippen LogP contribution in [0.15, 0.2) is 18.2 Å². The Balaban J connectivity index is 2.05. The first kappa shape index (κ1) is 13.5. The van der Waals surface area contributed by atoms with Crippen LogP contribution in [-0.2, 0) is 9.53 Å². The Kier molecular flexibility index (Phi) is 3.80. The molecule has 1 N–H and O–H groups in total. The lowest BCUT2D eigenvalue weighted by atomic mass is 10.1. The molecule has 1 aromatic carbocycles. The lowest BCUT2D eigenvalue weighted by molar-refractivity contribution is -0.385. The fraction of sp³-hybridized carbons (Fsp3) is 0.462. The minimum absolute atomic E-state index is 0.0451. The summed E-state index contributed by atoms with van der Waals surface area (Å²) in [7, 11) is 0. The molecule has 1 fully saturated rings. The summed E-state index contributed by atoms with van der Waals surface area (Å²) in [5, 5.41) is 13.4. The number of nitro groups is 1. The molecule has 0 saturated carbocycles. The van der Waals surface area contributed by atoms with Gasteiger partial charge in [-0.3, -0.25) is 14.9 Å². The van der Waals surface area contributed by atoms with Crippen molar-refractivity contribution in [3.8, 4) is 0 Å². The molecule has 0 unspecified atom stereocenters. The van der Waals surface area contributed by atoms with Crippen LogP contribution in [0.2, 0.25) is 0 Å². The summed E-state index contributed by atoms with van der Waals surface area (Å²) in [6.07, 6.45) is 1.26. The van der Waals surface area contributed by atoms with E-state index in [1.165, 1.54) is 12.1 Å². The van der Waals surface area contributed by atoms with Crippen molar-refractivity contribution in [2.75, 3.05) is 5.32 Å². The molecule has 0 spiro atoms. The van der Waals surface area contributed by atoms with Crippen LogP contribution in [0.1, 0.15) is 25.3 Å². The molecule has 1 aliphatic heterocycles. The fourth-order valence-electron chi connectivity index (χ4n) is 2.16. The molecular formula is C13H16N2O4. The van der Waals surface area contributed by atoms with Gasteiger partial charge >= 0.3 is 0 Å². The van der Waals surface area contributed by atoms with Crippen LogP contribution < -0.4 is 5.32 Å². The monoisotopic (exact) mass is 264 g/mol. The molecule has 2 rings (SSSR count). The van der Waals surface area contributed by atoms with Gasteiger partial charge in [0.15, 0.2) is 0 Å². The van der Waals surface area contributed by atoms with Crippen molar-refractivity contribution in [3.63, 3.8) is 0 Å². The van der Waals surface area contributed by atoms with Gasteiger partial charge in [-0.1, -0.05) is 0 Å². The zero-order valence-electron chi connectivity index (χ0n) is 10.9. The molecule has 19 heavy (non-hydrogen) atoms. The molecule has 1 heterocycles. The van der Waals surface area contributed by atoms with Gasteiger partial charge in [0.25, 0.3) is 11.6 Å². The molecule has 0 bridgehead atoms. The maximum Gasteiger partial charge on any atom is 0.272 e. The average Bonchev–Trinajstić information content (AvgIpc) is 2.75. The first-order chi connectivity index (χ1) is 8.97. The molecule has 1 aliphatic rings. The number of nitrogens with one attached hydrogen (secondary N) is 1. The van der Waals surface area contributed by atoms with E-state index in [-0.39, 0.29) is 17.7 Å². The summed E-state index contributed by atoms with van der Waals surface area (Å²) < 4.78 is 5.47. The highest BCUT2D eigenvalue weighted by atomic mass is 16.6. The zero-order valence-corrected chi connectivity index (χ0v) is 10.9. The van der Waals surface area contributed by atoms with E-state index in [1.54, 1.807) is 13.0 Å². The Bertz CT molecular complexity index is 515. The van der Waals surface area contributed by atoms with Crippen molar-refractivity contribution >= 4 is 17.3 Å². The molecule has 0 radical (unpaired) electrons. The normalized spacial score (nSPS) is 22.2. The number of ether oxygens (including phenoxy) is 1. The van der Waals surface area contributed by atoms with Crippen LogP contribution in [-0.4, -0.2) is 23.0 Å². The van der Waals surface area contributed by atoms with Crippen LogP contribution >= 0.6 is 0 Å². The lowest BCUT2D eigenvalue weighted by Crippen LogP contribution is -2.27. The third-order valence-corrected chi connectivity index (χ3v) is 3.19.